The summed E-state index contributed by atoms with van der Waals surface area (Å²) >= 11 is 0. The van der Waals surface area contributed by atoms with E-state index in [2.05, 4.69) is 5.32 Å². The third-order valence-corrected chi connectivity index (χ3v) is 8.62. The van der Waals surface area contributed by atoms with E-state index in [1.165, 1.54) is 10.6 Å². The molecule has 2 atom stereocenters. The van der Waals surface area contributed by atoms with Crippen LogP contribution in [0.5, 0.6) is 5.75 Å². The Morgan fingerprint density at radius 3 is 2.76 bits per heavy atom. The quantitative estimate of drug-likeness (QED) is 0.319. The number of aryl methyl sites for hydroxylation is 1. The Morgan fingerprint density at radius 2 is 2.00 bits per heavy atom. The summed E-state index contributed by atoms with van der Waals surface area (Å²) in [5.41, 5.74) is 2.17. The van der Waals surface area contributed by atoms with Crippen LogP contribution < -0.4 is 15.6 Å². The zero-order valence-corrected chi connectivity index (χ0v) is 22.4. The van der Waals surface area contributed by atoms with Crippen molar-refractivity contribution in [2.45, 2.75) is 57.9 Å². The summed E-state index contributed by atoms with van der Waals surface area (Å²) in [5.74, 6) is -0.793. The summed E-state index contributed by atoms with van der Waals surface area (Å²) < 4.78 is 27.3. The van der Waals surface area contributed by atoms with E-state index >= 15 is 4.39 Å². The minimum Gasteiger partial charge on any atom is -0.458 e. The number of nitrogens with zero attached hydrogens (tertiary/aromatic N) is 2. The van der Waals surface area contributed by atoms with E-state index in [9.17, 15) is 19.5 Å². The minimum atomic E-state index is -1.96. The third-order valence-electron chi connectivity index (χ3n) is 8.62. The molecule has 7 rings (SSSR count). The van der Waals surface area contributed by atoms with E-state index in [1.54, 1.807) is 44.2 Å². The number of aliphatic hydroxyl groups is 1. The van der Waals surface area contributed by atoms with Crippen LogP contribution in [0.4, 0.5) is 9.18 Å². The topological polar surface area (TPSA) is 120 Å². The molecule has 3 aliphatic rings. The third kappa shape index (κ3) is 3.63. The van der Waals surface area contributed by atoms with Crippen LogP contribution in [0.25, 0.3) is 22.3 Å². The fraction of sp³-hybridized carbons (Fsp3) is 0.290. The van der Waals surface area contributed by atoms with Crippen molar-refractivity contribution in [2.75, 3.05) is 0 Å². The number of benzene rings is 2. The molecule has 2 aromatic heterocycles. The highest BCUT2D eigenvalue weighted by Crippen LogP contribution is 2.46. The second kappa shape index (κ2) is 8.97. The van der Waals surface area contributed by atoms with E-state index in [1.807, 2.05) is 6.07 Å². The summed E-state index contributed by atoms with van der Waals surface area (Å²) in [7, 11) is 0. The molecular weight excluding hydrogens is 529 g/mol. The van der Waals surface area contributed by atoms with Crippen molar-refractivity contribution in [3.8, 4) is 17.1 Å². The van der Waals surface area contributed by atoms with Crippen LogP contribution in [-0.2, 0) is 34.7 Å². The van der Waals surface area contributed by atoms with Gasteiger partial charge in [0.25, 0.3) is 5.56 Å². The van der Waals surface area contributed by atoms with Crippen LogP contribution in [0.15, 0.2) is 47.3 Å². The number of ether oxygens (including phenoxy) is 2. The number of hydrogen-bond acceptors (Lipinski definition) is 7. The van der Waals surface area contributed by atoms with Gasteiger partial charge in [-0.2, -0.15) is 0 Å². The van der Waals surface area contributed by atoms with Gasteiger partial charge in [-0.05, 0) is 61.1 Å². The molecule has 0 unspecified atom stereocenters. The van der Waals surface area contributed by atoms with Crippen molar-refractivity contribution in [3.63, 3.8) is 0 Å². The monoisotopic (exact) mass is 555 g/mol. The highest BCUT2D eigenvalue weighted by atomic mass is 19.1. The van der Waals surface area contributed by atoms with Gasteiger partial charge < -0.3 is 24.5 Å². The molecule has 4 heterocycles. The lowest BCUT2D eigenvalue weighted by Gasteiger charge is -2.31. The Morgan fingerprint density at radius 1 is 1.22 bits per heavy atom. The number of hydrogen-bond donors (Lipinski definition) is 2. The molecule has 9 nitrogen and oxygen atoms in total. The highest BCUT2D eigenvalue weighted by molar-refractivity contribution is 5.93. The van der Waals surface area contributed by atoms with Crippen molar-refractivity contribution in [3.05, 3.63) is 92.0 Å². The molecule has 0 fully saturated rings. The van der Waals surface area contributed by atoms with Crippen molar-refractivity contribution in [1.29, 1.82) is 0 Å². The summed E-state index contributed by atoms with van der Waals surface area (Å²) in [4.78, 5) is 44.1. The van der Waals surface area contributed by atoms with Crippen molar-refractivity contribution in [2.24, 2.45) is 0 Å². The second-order valence-corrected chi connectivity index (χ2v) is 10.7. The van der Waals surface area contributed by atoms with Crippen molar-refractivity contribution in [1.82, 2.24) is 14.9 Å². The van der Waals surface area contributed by atoms with Gasteiger partial charge in [0.1, 0.15) is 18.2 Å². The maximum Gasteiger partial charge on any atom is 0.413 e. The van der Waals surface area contributed by atoms with Gasteiger partial charge >= 0.3 is 12.1 Å². The number of halogens is 1. The zero-order valence-electron chi connectivity index (χ0n) is 22.4. The summed E-state index contributed by atoms with van der Waals surface area (Å²) in [5, 5.41) is 14.9. The largest absolute Gasteiger partial charge is 0.458 e. The highest BCUT2D eigenvalue weighted by Gasteiger charge is 2.46. The molecule has 10 heteroatoms. The predicted molar refractivity (Wildman–Crippen MR) is 146 cm³/mol. The first-order chi connectivity index (χ1) is 19.7. The minimum absolute atomic E-state index is 0.0222. The molecule has 1 amide bonds. The molecule has 2 aliphatic heterocycles. The van der Waals surface area contributed by atoms with E-state index in [-0.39, 0.29) is 36.5 Å². The van der Waals surface area contributed by atoms with E-state index in [4.69, 9.17) is 14.5 Å². The fourth-order valence-electron chi connectivity index (χ4n) is 6.47. The molecule has 1 aliphatic carbocycles. The number of carbonyl (C=O) groups is 2. The van der Waals surface area contributed by atoms with Crippen LogP contribution in [0.1, 0.15) is 59.2 Å². The average molecular weight is 556 g/mol. The molecule has 0 spiro atoms. The van der Waals surface area contributed by atoms with Gasteiger partial charge in [-0.1, -0.05) is 25.1 Å². The second-order valence-electron chi connectivity index (χ2n) is 10.7. The van der Waals surface area contributed by atoms with Crippen LogP contribution in [0.3, 0.4) is 0 Å². The lowest BCUT2D eigenvalue weighted by Crippen LogP contribution is -2.44. The number of cyclic esters (lactones) is 1. The molecule has 208 valence electrons. The van der Waals surface area contributed by atoms with Crippen LogP contribution in [0, 0.1) is 12.7 Å². The normalized spacial score (nSPS) is 20.2. The summed E-state index contributed by atoms with van der Waals surface area (Å²) in [6, 6.07) is 11.2. The molecule has 4 aromatic rings. The van der Waals surface area contributed by atoms with Gasteiger partial charge in [0.05, 0.1) is 35.1 Å². The lowest BCUT2D eigenvalue weighted by molar-refractivity contribution is -0.172. The number of esters is 1. The zero-order chi connectivity index (χ0) is 28.6. The van der Waals surface area contributed by atoms with Crippen LogP contribution in [0.2, 0.25) is 0 Å². The Kier molecular flexibility index (Phi) is 5.56. The first kappa shape index (κ1) is 25.4. The first-order valence-electron chi connectivity index (χ1n) is 13.6. The molecular formula is C31H26FN3O6. The van der Waals surface area contributed by atoms with Gasteiger partial charge in [-0.25, -0.2) is 19.0 Å². The predicted octanol–water partition coefficient (Wildman–Crippen LogP) is 4.30. The number of carbonyl (C=O) groups excluding carboxylic acids is 2. The Balaban J connectivity index is 1.42. The number of para-hydroxylation sites is 1. The smallest absolute Gasteiger partial charge is 0.413 e. The molecule has 2 aromatic carbocycles. The molecule has 0 saturated heterocycles. The summed E-state index contributed by atoms with van der Waals surface area (Å²) in [6.07, 6.45) is 0.406. The Hall–Kier alpha value is -4.57. The first-order valence-corrected chi connectivity index (χ1v) is 13.6. The number of aromatic nitrogens is 2. The molecule has 0 saturated carbocycles. The Bertz CT molecular complexity index is 1870. The molecule has 0 radical (unpaired) electrons. The number of amides is 1. The van der Waals surface area contributed by atoms with Gasteiger partial charge in [-0.3, -0.25) is 4.79 Å². The standard InChI is InChI=1S/C31H26FN3O6/c1-3-31(39)20-11-24-27-18(13-35(24)28(36)19(20)14-40-29(31)37)26-22(34-30(38)41-16-7-5-4-6-8-16)10-9-17-15(2)21(32)12-23(33-27)25(17)26/h4-8,11-12,22,39H,3,9-10,13-14H2,1-2H3,(H,34,38)/t22-,31-/m0/s1. The van der Waals surface area contributed by atoms with Gasteiger partial charge in [0.2, 0.25) is 0 Å². The van der Waals surface area contributed by atoms with Crippen molar-refractivity contribution >= 4 is 23.0 Å². The van der Waals surface area contributed by atoms with E-state index < -0.39 is 29.3 Å². The van der Waals surface area contributed by atoms with E-state index in [0.717, 1.165) is 22.1 Å². The summed E-state index contributed by atoms with van der Waals surface area (Å²) in [6.45, 7) is 3.30. The number of fused-ring (bicyclic) bond motifs is 5. The van der Waals surface area contributed by atoms with Gasteiger partial charge in [-0.15, -0.1) is 0 Å². The molecule has 0 bridgehead atoms. The maximum absolute atomic E-state index is 15.1. The van der Waals surface area contributed by atoms with E-state index in [0.29, 0.717) is 41.1 Å². The number of pyridine rings is 2. The van der Waals surface area contributed by atoms with Crippen LogP contribution >= 0.6 is 0 Å². The molecule has 2 N–H and O–H groups in total. The number of nitrogens with one attached hydrogen (secondary N) is 1. The average Bonchev–Trinajstić information content (AvgIpc) is 3.33. The Labute approximate surface area is 233 Å². The number of rotatable bonds is 3. The fourth-order valence-corrected chi connectivity index (χ4v) is 6.47. The van der Waals surface area contributed by atoms with Crippen molar-refractivity contribution < 1.29 is 28.6 Å². The maximum atomic E-state index is 15.1. The van der Waals surface area contributed by atoms with Gasteiger partial charge in [0.15, 0.2) is 5.60 Å². The molecule has 41 heavy (non-hydrogen) atoms. The van der Waals surface area contributed by atoms with Gasteiger partial charge in [0, 0.05) is 22.6 Å². The lowest BCUT2D eigenvalue weighted by atomic mass is 9.81. The SMILES string of the molecule is CC[C@@]1(O)C(=O)OCc2c1cc1n(c2=O)Cc2c-1nc1cc(F)c(C)c3c1c2[C@@H](NC(=O)Oc1ccccc1)CC3. The van der Waals surface area contributed by atoms with Crippen LogP contribution in [-0.4, -0.2) is 26.7 Å².